The van der Waals surface area contributed by atoms with E-state index in [0.29, 0.717) is 5.92 Å². The maximum atomic E-state index is 4.33. The summed E-state index contributed by atoms with van der Waals surface area (Å²) in [5, 5.41) is 0. The van der Waals surface area contributed by atoms with Crippen LogP contribution in [0.4, 0.5) is 0 Å². The van der Waals surface area contributed by atoms with Crippen LogP contribution < -0.4 is 0 Å². The van der Waals surface area contributed by atoms with E-state index >= 15 is 0 Å². The van der Waals surface area contributed by atoms with Crippen molar-refractivity contribution in [2.75, 3.05) is 0 Å². The van der Waals surface area contributed by atoms with Crippen LogP contribution in [0.25, 0.3) is 5.57 Å². The molecule has 0 aliphatic heterocycles. The summed E-state index contributed by atoms with van der Waals surface area (Å²) in [6, 6.07) is 8.82. The molecule has 0 saturated heterocycles. The lowest BCUT2D eigenvalue weighted by Crippen LogP contribution is -2.16. The van der Waals surface area contributed by atoms with Crippen LogP contribution >= 0.6 is 0 Å². The fourth-order valence-corrected chi connectivity index (χ4v) is 2.95. The van der Waals surface area contributed by atoms with Gasteiger partial charge in [0.15, 0.2) is 0 Å². The first-order valence-electron chi connectivity index (χ1n) is 6.94. The number of benzene rings is 1. The molecule has 1 aromatic carbocycles. The van der Waals surface area contributed by atoms with Crippen LogP contribution in [0.2, 0.25) is 0 Å². The Morgan fingerprint density at radius 3 is 2.29 bits per heavy atom. The molecule has 17 heavy (non-hydrogen) atoms. The summed E-state index contributed by atoms with van der Waals surface area (Å²) < 4.78 is 0. The van der Waals surface area contributed by atoms with Gasteiger partial charge in [0.25, 0.3) is 0 Å². The SMILES string of the molecule is C=C(c1ccc(C)cc1)C(C)C1CCCCC1. The monoisotopic (exact) mass is 228 g/mol. The predicted molar refractivity (Wildman–Crippen MR) is 76.0 cm³/mol. The largest absolute Gasteiger partial charge is 0.0950 e. The Morgan fingerprint density at radius 1 is 1.12 bits per heavy atom. The van der Waals surface area contributed by atoms with Gasteiger partial charge in [0, 0.05) is 0 Å². The zero-order valence-electron chi connectivity index (χ0n) is 11.2. The zero-order valence-corrected chi connectivity index (χ0v) is 11.2. The molecule has 2 rings (SSSR count). The molecule has 1 unspecified atom stereocenters. The first kappa shape index (κ1) is 12.4. The van der Waals surface area contributed by atoms with E-state index in [-0.39, 0.29) is 0 Å². The minimum atomic E-state index is 0.637. The molecule has 0 nitrogen and oxygen atoms in total. The second-order valence-electron chi connectivity index (χ2n) is 5.58. The average Bonchev–Trinajstić information content (AvgIpc) is 2.39. The summed E-state index contributed by atoms with van der Waals surface area (Å²) in [6.45, 7) is 8.83. The second-order valence-corrected chi connectivity index (χ2v) is 5.58. The minimum Gasteiger partial charge on any atom is -0.0950 e. The highest BCUT2D eigenvalue weighted by atomic mass is 14.3. The highest BCUT2D eigenvalue weighted by molar-refractivity contribution is 5.65. The van der Waals surface area contributed by atoms with Gasteiger partial charge in [-0.2, -0.15) is 0 Å². The number of aryl methyl sites for hydroxylation is 1. The molecule has 0 bridgehead atoms. The zero-order chi connectivity index (χ0) is 12.3. The van der Waals surface area contributed by atoms with E-state index in [1.807, 2.05) is 0 Å². The summed E-state index contributed by atoms with van der Waals surface area (Å²) in [7, 11) is 0. The second kappa shape index (κ2) is 5.53. The molecule has 0 amide bonds. The van der Waals surface area contributed by atoms with Gasteiger partial charge < -0.3 is 0 Å². The molecule has 1 aliphatic carbocycles. The van der Waals surface area contributed by atoms with Crippen molar-refractivity contribution in [1.82, 2.24) is 0 Å². The minimum absolute atomic E-state index is 0.637. The molecular weight excluding hydrogens is 204 g/mol. The van der Waals surface area contributed by atoms with Crippen LogP contribution in [-0.2, 0) is 0 Å². The summed E-state index contributed by atoms with van der Waals surface area (Å²) in [5.74, 6) is 1.50. The van der Waals surface area contributed by atoms with Gasteiger partial charge in [-0.1, -0.05) is 62.6 Å². The summed E-state index contributed by atoms with van der Waals surface area (Å²) in [4.78, 5) is 0. The highest BCUT2D eigenvalue weighted by Gasteiger charge is 2.22. The van der Waals surface area contributed by atoms with Crippen LogP contribution in [0.1, 0.15) is 50.2 Å². The Balaban J connectivity index is 2.05. The molecule has 1 fully saturated rings. The maximum absolute atomic E-state index is 4.33. The molecular formula is C17H24. The lowest BCUT2D eigenvalue weighted by Gasteiger charge is -2.29. The van der Waals surface area contributed by atoms with Crippen LogP contribution in [-0.4, -0.2) is 0 Å². The quantitative estimate of drug-likeness (QED) is 0.665. The summed E-state index contributed by atoms with van der Waals surface area (Å²) >= 11 is 0. The van der Waals surface area contributed by atoms with Gasteiger partial charge in [0.2, 0.25) is 0 Å². The summed E-state index contributed by atoms with van der Waals surface area (Å²) in [6.07, 6.45) is 7.05. The van der Waals surface area contributed by atoms with Crippen molar-refractivity contribution in [2.24, 2.45) is 11.8 Å². The van der Waals surface area contributed by atoms with E-state index in [1.54, 1.807) is 0 Å². The fourth-order valence-electron chi connectivity index (χ4n) is 2.95. The number of hydrogen-bond donors (Lipinski definition) is 0. The van der Waals surface area contributed by atoms with Gasteiger partial charge in [-0.25, -0.2) is 0 Å². The first-order valence-corrected chi connectivity index (χ1v) is 6.94. The van der Waals surface area contributed by atoms with Crippen LogP contribution in [0.3, 0.4) is 0 Å². The molecule has 0 N–H and O–H groups in total. The Bertz CT molecular complexity index is 366. The number of hydrogen-bond acceptors (Lipinski definition) is 0. The Hall–Kier alpha value is -1.04. The van der Waals surface area contributed by atoms with Gasteiger partial charge in [-0.05, 0) is 42.7 Å². The third kappa shape index (κ3) is 3.00. The molecule has 0 heteroatoms. The Kier molecular flexibility index (Phi) is 4.04. The van der Waals surface area contributed by atoms with Crippen molar-refractivity contribution in [3.63, 3.8) is 0 Å². The van der Waals surface area contributed by atoms with E-state index < -0.39 is 0 Å². The smallest absolute Gasteiger partial charge is 0.0162 e. The van der Waals surface area contributed by atoms with E-state index in [1.165, 1.54) is 48.8 Å². The summed E-state index contributed by atoms with van der Waals surface area (Å²) in [5.41, 5.74) is 3.98. The molecule has 1 aliphatic rings. The van der Waals surface area contributed by atoms with Crippen LogP contribution in [0.15, 0.2) is 30.8 Å². The van der Waals surface area contributed by atoms with Gasteiger partial charge in [-0.15, -0.1) is 0 Å². The molecule has 1 saturated carbocycles. The Labute approximate surface area is 106 Å². The van der Waals surface area contributed by atoms with Gasteiger partial charge in [0.1, 0.15) is 0 Å². The fraction of sp³-hybridized carbons (Fsp3) is 0.529. The number of allylic oxidation sites excluding steroid dienone is 1. The lowest BCUT2D eigenvalue weighted by atomic mass is 9.76. The number of rotatable bonds is 3. The normalized spacial score (nSPS) is 18.9. The molecule has 1 aromatic rings. The molecule has 0 heterocycles. The van der Waals surface area contributed by atoms with Crippen LogP contribution in [0, 0.1) is 18.8 Å². The van der Waals surface area contributed by atoms with E-state index in [0.717, 1.165) is 5.92 Å². The van der Waals surface area contributed by atoms with Crippen molar-refractivity contribution in [3.8, 4) is 0 Å². The predicted octanol–water partition coefficient (Wildman–Crippen LogP) is 5.22. The highest BCUT2D eigenvalue weighted by Crippen LogP contribution is 2.36. The van der Waals surface area contributed by atoms with Crippen LogP contribution in [0.5, 0.6) is 0 Å². The molecule has 0 spiro atoms. The third-order valence-electron chi connectivity index (χ3n) is 4.33. The molecule has 1 atom stereocenters. The average molecular weight is 228 g/mol. The van der Waals surface area contributed by atoms with Crippen molar-refractivity contribution in [1.29, 1.82) is 0 Å². The topological polar surface area (TPSA) is 0 Å². The standard InChI is InChI=1S/C17H24/c1-13-9-11-17(12-10-13)15(3)14(2)16-7-5-4-6-8-16/h9-12,14,16H,3-8H2,1-2H3. The van der Waals surface area contributed by atoms with Gasteiger partial charge in [-0.3, -0.25) is 0 Å². The first-order chi connectivity index (χ1) is 8.18. The van der Waals surface area contributed by atoms with E-state index in [2.05, 4.69) is 44.7 Å². The molecule has 92 valence electrons. The maximum Gasteiger partial charge on any atom is -0.0162 e. The molecule has 0 aromatic heterocycles. The van der Waals surface area contributed by atoms with E-state index in [9.17, 15) is 0 Å². The van der Waals surface area contributed by atoms with Crippen molar-refractivity contribution in [2.45, 2.75) is 46.0 Å². The third-order valence-corrected chi connectivity index (χ3v) is 4.33. The van der Waals surface area contributed by atoms with Crippen molar-refractivity contribution in [3.05, 3.63) is 42.0 Å². The van der Waals surface area contributed by atoms with Gasteiger partial charge in [0.05, 0.1) is 0 Å². The van der Waals surface area contributed by atoms with Gasteiger partial charge >= 0.3 is 0 Å². The van der Waals surface area contributed by atoms with E-state index in [4.69, 9.17) is 0 Å². The van der Waals surface area contributed by atoms with Crippen molar-refractivity contribution >= 4 is 5.57 Å². The molecule has 0 radical (unpaired) electrons. The van der Waals surface area contributed by atoms with Crippen molar-refractivity contribution < 1.29 is 0 Å². The lowest BCUT2D eigenvalue weighted by molar-refractivity contribution is 0.306. The Morgan fingerprint density at radius 2 is 1.71 bits per heavy atom.